The number of halogens is 2. The summed E-state index contributed by atoms with van der Waals surface area (Å²) >= 11 is 0. The molecule has 0 aliphatic heterocycles. The van der Waals surface area contributed by atoms with Gasteiger partial charge < -0.3 is 11.1 Å². The fourth-order valence-corrected chi connectivity index (χ4v) is 1.53. The van der Waals surface area contributed by atoms with Gasteiger partial charge in [-0.05, 0) is 12.1 Å². The lowest BCUT2D eigenvalue weighted by atomic mass is 10.1. The molecule has 0 aliphatic carbocycles. The van der Waals surface area contributed by atoms with Crippen LogP contribution in [0.25, 0.3) is 10.9 Å². The number of carbonyl (C=O) groups excluding carboxylic acids is 1. The van der Waals surface area contributed by atoms with Crippen molar-refractivity contribution in [2.24, 2.45) is 5.73 Å². The van der Waals surface area contributed by atoms with Gasteiger partial charge in [-0.25, -0.2) is 13.6 Å². The Morgan fingerprint density at radius 1 is 1.47 bits per heavy atom. The van der Waals surface area contributed by atoms with Crippen LogP contribution in [0.4, 0.5) is 13.6 Å². The van der Waals surface area contributed by atoms with Gasteiger partial charge in [0.15, 0.2) is 0 Å². The van der Waals surface area contributed by atoms with Crippen molar-refractivity contribution in [3.05, 3.63) is 41.6 Å². The molecule has 1 aromatic heterocycles. The first-order valence-corrected chi connectivity index (χ1v) is 4.84. The number of rotatable bonds is 2. The third-order valence-corrected chi connectivity index (χ3v) is 2.33. The van der Waals surface area contributed by atoms with E-state index in [0.29, 0.717) is 0 Å². The Morgan fingerprint density at radius 2 is 2.24 bits per heavy atom. The van der Waals surface area contributed by atoms with E-state index in [2.05, 4.69) is 10.3 Å². The van der Waals surface area contributed by atoms with Crippen LogP contribution in [0.15, 0.2) is 24.4 Å². The summed E-state index contributed by atoms with van der Waals surface area (Å²) in [4.78, 5) is 14.4. The molecule has 1 heterocycles. The van der Waals surface area contributed by atoms with Crippen molar-refractivity contribution < 1.29 is 13.6 Å². The normalized spacial score (nSPS) is 10.5. The average molecular weight is 237 g/mol. The molecule has 0 atom stereocenters. The fourth-order valence-electron chi connectivity index (χ4n) is 1.53. The van der Waals surface area contributed by atoms with Crippen LogP contribution in [0.5, 0.6) is 0 Å². The number of fused-ring (bicyclic) bond motifs is 1. The summed E-state index contributed by atoms with van der Waals surface area (Å²) in [6.45, 7) is -0.294. The van der Waals surface area contributed by atoms with Gasteiger partial charge in [0, 0.05) is 23.2 Å². The minimum Gasteiger partial charge on any atom is -0.352 e. The third-order valence-electron chi connectivity index (χ3n) is 2.33. The number of pyridine rings is 1. The number of benzene rings is 1. The van der Waals surface area contributed by atoms with Crippen molar-refractivity contribution in [2.45, 2.75) is 6.54 Å². The number of nitrogens with two attached hydrogens (primary N) is 1. The summed E-state index contributed by atoms with van der Waals surface area (Å²) in [6, 6.07) is 3.32. The monoisotopic (exact) mass is 237 g/mol. The molecule has 2 aromatic rings. The molecule has 0 fully saturated rings. The summed E-state index contributed by atoms with van der Waals surface area (Å²) in [7, 11) is 0. The smallest absolute Gasteiger partial charge is 0.312 e. The van der Waals surface area contributed by atoms with Gasteiger partial charge in [-0.2, -0.15) is 0 Å². The molecule has 17 heavy (non-hydrogen) atoms. The lowest BCUT2D eigenvalue weighted by molar-refractivity contribution is 0.248. The molecule has 88 valence electrons. The SMILES string of the molecule is NC(=O)NCc1c(F)cc2ncccc2c1F. The highest BCUT2D eigenvalue weighted by atomic mass is 19.1. The van der Waals surface area contributed by atoms with Crippen molar-refractivity contribution in [1.82, 2.24) is 10.3 Å². The van der Waals surface area contributed by atoms with Crippen LogP contribution in [0.1, 0.15) is 5.56 Å². The number of nitrogens with one attached hydrogen (secondary N) is 1. The molecule has 6 heteroatoms. The van der Waals surface area contributed by atoms with Crippen LogP contribution in [0.3, 0.4) is 0 Å². The first kappa shape index (κ1) is 11.3. The molecular weight excluding hydrogens is 228 g/mol. The Balaban J connectivity index is 2.51. The van der Waals surface area contributed by atoms with E-state index in [9.17, 15) is 13.6 Å². The van der Waals surface area contributed by atoms with Crippen LogP contribution in [-0.4, -0.2) is 11.0 Å². The van der Waals surface area contributed by atoms with E-state index in [1.54, 1.807) is 6.07 Å². The molecule has 0 unspecified atom stereocenters. The number of nitrogens with zero attached hydrogens (tertiary/aromatic N) is 1. The Hall–Kier alpha value is -2.24. The summed E-state index contributed by atoms with van der Waals surface area (Å²) in [5, 5.41) is 2.35. The highest BCUT2D eigenvalue weighted by Crippen LogP contribution is 2.22. The lowest BCUT2D eigenvalue weighted by Crippen LogP contribution is -2.29. The Labute approximate surface area is 95.4 Å². The van der Waals surface area contributed by atoms with Crippen LogP contribution in [-0.2, 0) is 6.54 Å². The average Bonchev–Trinajstić information content (AvgIpc) is 2.28. The second-order valence-corrected chi connectivity index (χ2v) is 3.44. The van der Waals surface area contributed by atoms with E-state index in [1.165, 1.54) is 12.3 Å². The van der Waals surface area contributed by atoms with Gasteiger partial charge in [-0.1, -0.05) is 0 Å². The molecule has 3 N–H and O–H groups in total. The standard InChI is InChI=1S/C11H9F2N3O/c12-8-4-9-6(2-1-3-15-9)10(13)7(8)5-16-11(14)17/h1-4H,5H2,(H3,14,16,17). The zero-order chi connectivity index (χ0) is 12.4. The Morgan fingerprint density at radius 3 is 2.94 bits per heavy atom. The van der Waals surface area contributed by atoms with Crippen LogP contribution < -0.4 is 11.1 Å². The number of primary amides is 1. The highest BCUT2D eigenvalue weighted by Gasteiger charge is 2.14. The van der Waals surface area contributed by atoms with E-state index in [4.69, 9.17) is 5.73 Å². The molecule has 0 bridgehead atoms. The second kappa shape index (κ2) is 4.32. The van der Waals surface area contributed by atoms with Crippen molar-refractivity contribution in [3.63, 3.8) is 0 Å². The Kier molecular flexibility index (Phi) is 2.86. The number of amides is 2. The van der Waals surface area contributed by atoms with Crippen LogP contribution in [0, 0.1) is 11.6 Å². The third kappa shape index (κ3) is 2.15. The van der Waals surface area contributed by atoms with E-state index < -0.39 is 17.7 Å². The second-order valence-electron chi connectivity index (χ2n) is 3.44. The van der Waals surface area contributed by atoms with Crippen molar-refractivity contribution in [2.75, 3.05) is 0 Å². The van der Waals surface area contributed by atoms with Crippen molar-refractivity contribution in [3.8, 4) is 0 Å². The zero-order valence-corrected chi connectivity index (χ0v) is 8.71. The van der Waals surface area contributed by atoms with Gasteiger partial charge in [0.05, 0.1) is 12.1 Å². The molecule has 2 amide bonds. The number of hydrogen-bond acceptors (Lipinski definition) is 2. The van der Waals surface area contributed by atoms with E-state index in [-0.39, 0.29) is 23.0 Å². The maximum absolute atomic E-state index is 13.9. The van der Waals surface area contributed by atoms with Crippen molar-refractivity contribution >= 4 is 16.9 Å². The summed E-state index contributed by atoms with van der Waals surface area (Å²) in [5.41, 5.74) is 4.84. The van der Waals surface area contributed by atoms with Gasteiger partial charge in [0.2, 0.25) is 0 Å². The van der Waals surface area contributed by atoms with Gasteiger partial charge in [0.25, 0.3) is 0 Å². The number of carbonyl (C=O) groups is 1. The molecule has 0 spiro atoms. The minimum absolute atomic E-state index is 0.204. The van der Waals surface area contributed by atoms with Crippen LogP contribution >= 0.6 is 0 Å². The lowest BCUT2D eigenvalue weighted by Gasteiger charge is -2.08. The van der Waals surface area contributed by atoms with Gasteiger partial charge in [-0.3, -0.25) is 4.98 Å². The molecule has 0 aliphatic rings. The fraction of sp³-hybridized carbons (Fsp3) is 0.0909. The summed E-state index contributed by atoms with van der Waals surface area (Å²) < 4.78 is 27.5. The van der Waals surface area contributed by atoms with Gasteiger partial charge >= 0.3 is 6.03 Å². The number of hydrogen-bond donors (Lipinski definition) is 2. The van der Waals surface area contributed by atoms with Gasteiger partial charge in [-0.15, -0.1) is 0 Å². The van der Waals surface area contributed by atoms with E-state index in [0.717, 1.165) is 6.07 Å². The minimum atomic E-state index is -0.838. The zero-order valence-electron chi connectivity index (χ0n) is 8.71. The first-order valence-electron chi connectivity index (χ1n) is 4.84. The molecule has 0 radical (unpaired) electrons. The quantitative estimate of drug-likeness (QED) is 0.834. The number of urea groups is 1. The predicted molar refractivity (Wildman–Crippen MR) is 58.1 cm³/mol. The maximum atomic E-state index is 13.9. The van der Waals surface area contributed by atoms with E-state index in [1.807, 2.05) is 0 Å². The molecule has 0 saturated heterocycles. The first-order chi connectivity index (χ1) is 8.09. The maximum Gasteiger partial charge on any atom is 0.312 e. The topological polar surface area (TPSA) is 68.0 Å². The molecule has 0 saturated carbocycles. The number of aromatic nitrogens is 1. The van der Waals surface area contributed by atoms with Gasteiger partial charge in [0.1, 0.15) is 11.6 Å². The van der Waals surface area contributed by atoms with Crippen LogP contribution in [0.2, 0.25) is 0 Å². The summed E-state index contributed by atoms with van der Waals surface area (Å²) in [6.07, 6.45) is 1.45. The summed E-state index contributed by atoms with van der Waals surface area (Å²) in [5.74, 6) is -1.50. The van der Waals surface area contributed by atoms with E-state index >= 15 is 0 Å². The molecule has 2 rings (SSSR count). The molecule has 4 nitrogen and oxygen atoms in total. The highest BCUT2D eigenvalue weighted by molar-refractivity contribution is 5.80. The Bertz CT molecular complexity index is 586. The largest absolute Gasteiger partial charge is 0.352 e. The molecular formula is C11H9F2N3O. The molecule has 1 aromatic carbocycles. The van der Waals surface area contributed by atoms with Crippen molar-refractivity contribution in [1.29, 1.82) is 0 Å². The predicted octanol–water partition coefficient (Wildman–Crippen LogP) is 1.68.